The summed E-state index contributed by atoms with van der Waals surface area (Å²) in [6, 6.07) is 1.53. The maximum absolute atomic E-state index is 13.6. The minimum absolute atomic E-state index is 0.0360. The van der Waals surface area contributed by atoms with Crippen LogP contribution in [0.4, 0.5) is 19.0 Å². The molecule has 4 nitrogen and oxygen atoms in total. The first-order valence-electron chi connectivity index (χ1n) is 4.48. The lowest BCUT2D eigenvalue weighted by Crippen LogP contribution is -1.98. The number of anilines is 1. The normalized spacial score (nSPS) is 10.6. The predicted molar refractivity (Wildman–Crippen MR) is 52.8 cm³/mol. The molecule has 0 saturated carbocycles. The van der Waals surface area contributed by atoms with Crippen LogP contribution < -0.4 is 10.5 Å². The van der Waals surface area contributed by atoms with E-state index in [1.807, 2.05) is 0 Å². The number of methoxy groups -OCH3 is 1. The van der Waals surface area contributed by atoms with Gasteiger partial charge in [0.05, 0.1) is 7.11 Å². The molecule has 1 aromatic heterocycles. The van der Waals surface area contributed by atoms with Crippen LogP contribution in [0.1, 0.15) is 0 Å². The Labute approximate surface area is 93.8 Å². The smallest absolute Gasteiger partial charge is 0.176 e. The van der Waals surface area contributed by atoms with E-state index in [0.29, 0.717) is 6.07 Å². The molecule has 2 rings (SSSR count). The molecule has 0 aliphatic rings. The quantitative estimate of drug-likeness (QED) is 0.823. The van der Waals surface area contributed by atoms with Gasteiger partial charge in [-0.15, -0.1) is 0 Å². The molecule has 0 atom stereocenters. The maximum atomic E-state index is 13.6. The second-order valence-corrected chi connectivity index (χ2v) is 3.18. The lowest BCUT2D eigenvalue weighted by atomic mass is 10.1. The zero-order valence-corrected chi connectivity index (χ0v) is 8.63. The summed E-state index contributed by atoms with van der Waals surface area (Å²) >= 11 is 0. The van der Waals surface area contributed by atoms with Crippen LogP contribution in [0.15, 0.2) is 16.7 Å². The number of hydrogen-bond donors (Lipinski definition) is 1. The number of rotatable bonds is 2. The first kappa shape index (κ1) is 11.3. The summed E-state index contributed by atoms with van der Waals surface area (Å²) < 4.78 is 49.3. The molecule has 7 heteroatoms. The highest BCUT2D eigenvalue weighted by Crippen LogP contribution is 2.36. The number of hydrogen-bond acceptors (Lipinski definition) is 4. The zero-order chi connectivity index (χ0) is 12.6. The number of halogens is 3. The first-order valence-corrected chi connectivity index (χ1v) is 4.48. The Morgan fingerprint density at radius 3 is 2.47 bits per heavy atom. The molecule has 0 spiro atoms. The van der Waals surface area contributed by atoms with Crippen molar-refractivity contribution < 1.29 is 22.4 Å². The average molecular weight is 244 g/mol. The third-order valence-electron chi connectivity index (χ3n) is 2.11. The van der Waals surface area contributed by atoms with Crippen molar-refractivity contribution in [3.05, 3.63) is 29.6 Å². The third kappa shape index (κ3) is 1.79. The third-order valence-corrected chi connectivity index (χ3v) is 2.11. The Morgan fingerprint density at radius 2 is 1.94 bits per heavy atom. The van der Waals surface area contributed by atoms with Crippen molar-refractivity contribution >= 4 is 5.82 Å². The van der Waals surface area contributed by atoms with Crippen LogP contribution in [0.3, 0.4) is 0 Å². The van der Waals surface area contributed by atoms with Crippen molar-refractivity contribution in [1.29, 1.82) is 0 Å². The molecular weight excluding hydrogens is 237 g/mol. The van der Waals surface area contributed by atoms with Crippen LogP contribution >= 0.6 is 0 Å². The molecule has 90 valence electrons. The van der Waals surface area contributed by atoms with Gasteiger partial charge in [0.25, 0.3) is 0 Å². The number of aromatic nitrogens is 1. The number of nitrogen functional groups attached to an aromatic ring is 1. The molecule has 1 heterocycles. The number of nitrogens with zero attached hydrogens (tertiary/aromatic N) is 1. The van der Waals surface area contributed by atoms with Gasteiger partial charge in [-0.05, 0) is 0 Å². The van der Waals surface area contributed by atoms with E-state index < -0.39 is 28.8 Å². The van der Waals surface area contributed by atoms with E-state index in [9.17, 15) is 13.2 Å². The Morgan fingerprint density at radius 1 is 1.24 bits per heavy atom. The molecule has 2 N–H and O–H groups in total. The Hall–Kier alpha value is -2.18. The van der Waals surface area contributed by atoms with Crippen LogP contribution in [0.5, 0.6) is 5.75 Å². The lowest BCUT2D eigenvalue weighted by molar-refractivity contribution is 0.372. The predicted octanol–water partition coefficient (Wildman–Crippen LogP) is 2.35. The van der Waals surface area contributed by atoms with Gasteiger partial charge in [-0.25, -0.2) is 13.2 Å². The van der Waals surface area contributed by atoms with Gasteiger partial charge < -0.3 is 15.0 Å². The largest absolute Gasteiger partial charge is 0.493 e. The van der Waals surface area contributed by atoms with Gasteiger partial charge in [0, 0.05) is 12.1 Å². The van der Waals surface area contributed by atoms with Crippen LogP contribution in [-0.2, 0) is 0 Å². The highest BCUT2D eigenvalue weighted by Gasteiger charge is 2.23. The fraction of sp³-hybridized carbons (Fsp3) is 0.100. The molecule has 0 aliphatic heterocycles. The molecule has 17 heavy (non-hydrogen) atoms. The maximum Gasteiger partial charge on any atom is 0.176 e. The Balaban J connectivity index is 2.74. The Kier molecular flexibility index (Phi) is 2.66. The monoisotopic (exact) mass is 244 g/mol. The van der Waals surface area contributed by atoms with Crippen LogP contribution in [0.2, 0.25) is 0 Å². The summed E-state index contributed by atoms with van der Waals surface area (Å²) in [5.74, 6) is -4.41. The molecule has 0 amide bonds. The van der Waals surface area contributed by atoms with Crippen molar-refractivity contribution in [2.24, 2.45) is 0 Å². The molecule has 0 radical (unpaired) electrons. The molecule has 0 fully saturated rings. The standard InChI is InChI=1S/C10H7F3N2O2/c1-16-10-5(12)2-4(11)9(13)8(10)6-3-7(14)15-17-6/h2-3H,1H3,(H2,14,15). The number of ether oxygens (including phenoxy) is 1. The van der Waals surface area contributed by atoms with Crippen molar-refractivity contribution in [3.8, 4) is 17.1 Å². The van der Waals surface area contributed by atoms with Gasteiger partial charge in [-0.3, -0.25) is 0 Å². The second kappa shape index (κ2) is 4.00. The first-order chi connectivity index (χ1) is 8.04. The topological polar surface area (TPSA) is 61.3 Å². The van der Waals surface area contributed by atoms with E-state index in [2.05, 4.69) is 14.4 Å². The number of benzene rings is 1. The summed E-state index contributed by atoms with van der Waals surface area (Å²) in [4.78, 5) is 0. The van der Waals surface area contributed by atoms with E-state index in [4.69, 9.17) is 5.73 Å². The van der Waals surface area contributed by atoms with Gasteiger partial charge in [-0.1, -0.05) is 5.16 Å². The van der Waals surface area contributed by atoms with E-state index in [0.717, 1.165) is 13.2 Å². The summed E-state index contributed by atoms with van der Waals surface area (Å²) in [5, 5.41) is 3.30. The van der Waals surface area contributed by atoms with Crippen LogP contribution in [-0.4, -0.2) is 12.3 Å². The number of nitrogens with two attached hydrogens (primary N) is 1. The van der Waals surface area contributed by atoms with Crippen molar-refractivity contribution in [3.63, 3.8) is 0 Å². The summed E-state index contributed by atoms with van der Waals surface area (Å²) in [6.45, 7) is 0. The summed E-state index contributed by atoms with van der Waals surface area (Å²) in [6.07, 6.45) is 0. The van der Waals surface area contributed by atoms with Gasteiger partial charge in [0.2, 0.25) is 0 Å². The fourth-order valence-corrected chi connectivity index (χ4v) is 1.41. The van der Waals surface area contributed by atoms with E-state index in [-0.39, 0.29) is 11.6 Å². The molecule has 0 bridgehead atoms. The molecule has 2 aromatic rings. The van der Waals surface area contributed by atoms with E-state index >= 15 is 0 Å². The molecule has 0 unspecified atom stereocenters. The van der Waals surface area contributed by atoms with Gasteiger partial charge in [0.1, 0.15) is 5.56 Å². The van der Waals surface area contributed by atoms with Gasteiger partial charge in [-0.2, -0.15) is 0 Å². The average Bonchev–Trinajstić information content (AvgIpc) is 2.69. The van der Waals surface area contributed by atoms with Crippen molar-refractivity contribution in [1.82, 2.24) is 5.16 Å². The SMILES string of the molecule is COc1c(F)cc(F)c(F)c1-c1cc(N)no1. The minimum atomic E-state index is -1.35. The summed E-state index contributed by atoms with van der Waals surface area (Å²) in [5.41, 5.74) is 4.79. The molecule has 0 saturated heterocycles. The van der Waals surface area contributed by atoms with E-state index in [1.54, 1.807) is 0 Å². The summed E-state index contributed by atoms with van der Waals surface area (Å²) in [7, 11) is 1.12. The van der Waals surface area contributed by atoms with Crippen molar-refractivity contribution in [2.75, 3.05) is 12.8 Å². The van der Waals surface area contributed by atoms with Gasteiger partial charge >= 0.3 is 0 Å². The fourth-order valence-electron chi connectivity index (χ4n) is 1.41. The highest BCUT2D eigenvalue weighted by molar-refractivity contribution is 5.68. The van der Waals surface area contributed by atoms with Gasteiger partial charge in [0.15, 0.2) is 34.8 Å². The molecular formula is C10H7F3N2O2. The highest BCUT2D eigenvalue weighted by atomic mass is 19.2. The van der Waals surface area contributed by atoms with Crippen LogP contribution in [0, 0.1) is 17.5 Å². The Bertz CT molecular complexity index is 569. The second-order valence-electron chi connectivity index (χ2n) is 3.18. The molecule has 0 aliphatic carbocycles. The lowest BCUT2D eigenvalue weighted by Gasteiger charge is -2.08. The minimum Gasteiger partial charge on any atom is -0.493 e. The zero-order valence-electron chi connectivity index (χ0n) is 8.63. The van der Waals surface area contributed by atoms with Crippen LogP contribution in [0.25, 0.3) is 11.3 Å². The van der Waals surface area contributed by atoms with Crippen molar-refractivity contribution in [2.45, 2.75) is 0 Å². The van der Waals surface area contributed by atoms with E-state index in [1.165, 1.54) is 0 Å². The molecule has 1 aromatic carbocycles.